The minimum atomic E-state index is 0.126. The molecule has 1 fully saturated rings. The molecule has 4 nitrogen and oxygen atoms in total. The molecule has 0 unspecified atom stereocenters. The van der Waals surface area contributed by atoms with E-state index in [1.807, 2.05) is 46.1 Å². The summed E-state index contributed by atoms with van der Waals surface area (Å²) in [5.74, 6) is 1.11. The van der Waals surface area contributed by atoms with Gasteiger partial charge in [-0.2, -0.15) is 11.3 Å². The average Bonchev–Trinajstić information content (AvgIpc) is 3.17. The van der Waals surface area contributed by atoms with Crippen LogP contribution in [-0.4, -0.2) is 33.4 Å². The number of thiophene rings is 1. The number of carbonyl (C=O) groups is 1. The molecule has 5 heteroatoms. The number of nitrogens with zero attached hydrogens (tertiary/aromatic N) is 3. The fourth-order valence-corrected chi connectivity index (χ4v) is 3.69. The maximum absolute atomic E-state index is 12.4. The summed E-state index contributed by atoms with van der Waals surface area (Å²) >= 11 is 1.56. The Hall–Kier alpha value is -2.40. The summed E-state index contributed by atoms with van der Waals surface area (Å²) in [5.41, 5.74) is 3.04. The van der Waals surface area contributed by atoms with Gasteiger partial charge in [0, 0.05) is 35.9 Å². The number of likely N-dealkylation sites (tertiary alicyclic amines) is 1. The topological polar surface area (TPSA) is 38.1 Å². The lowest BCUT2D eigenvalue weighted by molar-refractivity contribution is 0.0520. The van der Waals surface area contributed by atoms with Crippen molar-refractivity contribution in [2.75, 3.05) is 13.1 Å². The molecule has 0 radical (unpaired) electrons. The van der Waals surface area contributed by atoms with Crippen molar-refractivity contribution in [3.05, 3.63) is 64.6 Å². The molecular weight excluding hydrogens is 306 g/mol. The summed E-state index contributed by atoms with van der Waals surface area (Å²) in [6, 6.07) is 12.4. The van der Waals surface area contributed by atoms with Crippen LogP contribution in [0.15, 0.2) is 53.4 Å². The van der Waals surface area contributed by atoms with Crippen molar-refractivity contribution >= 4 is 17.2 Å². The quantitative estimate of drug-likeness (QED) is 0.738. The second kappa shape index (κ2) is 5.66. The lowest BCUT2D eigenvalue weighted by Gasteiger charge is -2.41. The molecule has 1 aliphatic rings. The van der Waals surface area contributed by atoms with Crippen molar-refractivity contribution in [3.8, 4) is 11.4 Å². The molecule has 4 rings (SSSR count). The molecule has 0 atom stereocenters. The minimum absolute atomic E-state index is 0.126. The summed E-state index contributed by atoms with van der Waals surface area (Å²) in [7, 11) is 0. The molecule has 1 saturated heterocycles. The molecule has 23 heavy (non-hydrogen) atoms. The zero-order valence-electron chi connectivity index (χ0n) is 12.8. The van der Waals surface area contributed by atoms with Gasteiger partial charge >= 0.3 is 0 Å². The zero-order chi connectivity index (χ0) is 15.8. The van der Waals surface area contributed by atoms with Gasteiger partial charge in [0.1, 0.15) is 5.82 Å². The van der Waals surface area contributed by atoms with Crippen molar-refractivity contribution in [2.24, 2.45) is 0 Å². The standard InChI is InChI=1S/C18H17N3OS/c1-13-9-19-17(14-5-3-2-4-6-14)21(13)16-10-20(11-16)18(22)15-7-8-23-12-15/h2-9,12,16H,10-11H2,1H3. The van der Waals surface area contributed by atoms with Crippen molar-refractivity contribution in [3.63, 3.8) is 0 Å². The number of imidazole rings is 1. The molecule has 0 bridgehead atoms. The number of aromatic nitrogens is 2. The van der Waals surface area contributed by atoms with Crippen molar-refractivity contribution < 1.29 is 4.79 Å². The maximum Gasteiger partial charge on any atom is 0.254 e. The van der Waals surface area contributed by atoms with Crippen LogP contribution >= 0.6 is 11.3 Å². The number of rotatable bonds is 3. The third-order valence-electron chi connectivity index (χ3n) is 4.30. The van der Waals surface area contributed by atoms with Gasteiger partial charge in [0.05, 0.1) is 11.6 Å². The molecule has 0 N–H and O–H groups in total. The minimum Gasteiger partial charge on any atom is -0.334 e. The van der Waals surface area contributed by atoms with Crippen molar-refractivity contribution in [1.82, 2.24) is 14.5 Å². The number of hydrogen-bond donors (Lipinski definition) is 0. The summed E-state index contributed by atoms with van der Waals surface area (Å²) < 4.78 is 2.26. The predicted octanol–water partition coefficient (Wildman–Crippen LogP) is 3.62. The van der Waals surface area contributed by atoms with Gasteiger partial charge < -0.3 is 9.47 Å². The second-order valence-electron chi connectivity index (χ2n) is 5.84. The van der Waals surface area contributed by atoms with Gasteiger partial charge in [-0.25, -0.2) is 4.98 Å². The number of amides is 1. The second-order valence-corrected chi connectivity index (χ2v) is 6.62. The summed E-state index contributed by atoms with van der Waals surface area (Å²) in [4.78, 5) is 18.8. The van der Waals surface area contributed by atoms with Crippen LogP contribution in [0.25, 0.3) is 11.4 Å². The van der Waals surface area contributed by atoms with E-state index in [2.05, 4.69) is 28.6 Å². The highest BCUT2D eigenvalue weighted by Gasteiger charge is 2.34. The van der Waals surface area contributed by atoms with E-state index in [1.165, 1.54) is 0 Å². The molecule has 0 aliphatic carbocycles. The monoisotopic (exact) mass is 323 g/mol. The Morgan fingerprint density at radius 3 is 2.70 bits per heavy atom. The summed E-state index contributed by atoms with van der Waals surface area (Å²) in [6.07, 6.45) is 1.91. The van der Waals surface area contributed by atoms with Gasteiger partial charge in [-0.1, -0.05) is 30.3 Å². The SMILES string of the molecule is Cc1cnc(-c2ccccc2)n1C1CN(C(=O)c2ccsc2)C1. The van der Waals surface area contributed by atoms with Gasteiger partial charge in [0.2, 0.25) is 0 Å². The summed E-state index contributed by atoms with van der Waals surface area (Å²) in [5, 5.41) is 3.85. The first-order valence-corrected chi connectivity index (χ1v) is 8.59. The Balaban J connectivity index is 1.55. The summed E-state index contributed by atoms with van der Waals surface area (Å²) in [6.45, 7) is 3.56. The Morgan fingerprint density at radius 1 is 1.22 bits per heavy atom. The molecular formula is C18H17N3OS. The van der Waals surface area contributed by atoms with E-state index in [0.29, 0.717) is 6.04 Å². The molecule has 1 aliphatic heterocycles. The molecule has 1 amide bonds. The Labute approximate surface area is 139 Å². The van der Waals surface area contributed by atoms with Crippen LogP contribution in [0.4, 0.5) is 0 Å². The lowest BCUT2D eigenvalue weighted by Crippen LogP contribution is -2.51. The molecule has 0 spiro atoms. The molecule has 116 valence electrons. The average molecular weight is 323 g/mol. The first-order valence-electron chi connectivity index (χ1n) is 7.65. The van der Waals surface area contributed by atoms with Gasteiger partial charge in [0.25, 0.3) is 5.91 Å². The Kier molecular flexibility index (Phi) is 3.50. The van der Waals surface area contributed by atoms with Crippen LogP contribution in [0.3, 0.4) is 0 Å². The molecule has 1 aromatic carbocycles. The van der Waals surface area contributed by atoms with Crippen LogP contribution in [0.2, 0.25) is 0 Å². The highest BCUT2D eigenvalue weighted by Crippen LogP contribution is 2.30. The van der Waals surface area contributed by atoms with Gasteiger partial charge in [0.15, 0.2) is 0 Å². The molecule has 0 saturated carbocycles. The van der Waals surface area contributed by atoms with Crippen LogP contribution in [0, 0.1) is 6.92 Å². The highest BCUT2D eigenvalue weighted by atomic mass is 32.1. The van der Waals surface area contributed by atoms with Crippen LogP contribution in [0.5, 0.6) is 0 Å². The van der Waals surface area contributed by atoms with E-state index in [4.69, 9.17) is 0 Å². The Bertz CT molecular complexity index is 817. The van der Waals surface area contributed by atoms with Crippen LogP contribution in [-0.2, 0) is 0 Å². The normalized spacial score (nSPS) is 14.7. The van der Waals surface area contributed by atoms with Gasteiger partial charge in [-0.15, -0.1) is 0 Å². The largest absolute Gasteiger partial charge is 0.334 e. The Morgan fingerprint density at radius 2 is 2.00 bits per heavy atom. The van der Waals surface area contributed by atoms with Crippen molar-refractivity contribution in [1.29, 1.82) is 0 Å². The predicted molar refractivity (Wildman–Crippen MR) is 91.7 cm³/mol. The number of aryl methyl sites for hydroxylation is 1. The smallest absolute Gasteiger partial charge is 0.254 e. The number of benzene rings is 1. The number of hydrogen-bond acceptors (Lipinski definition) is 3. The van der Waals surface area contributed by atoms with Crippen LogP contribution in [0.1, 0.15) is 22.1 Å². The third-order valence-corrected chi connectivity index (χ3v) is 4.98. The van der Waals surface area contributed by atoms with Crippen LogP contribution < -0.4 is 0 Å². The van der Waals surface area contributed by atoms with E-state index in [1.54, 1.807) is 11.3 Å². The van der Waals surface area contributed by atoms with E-state index in [9.17, 15) is 4.79 Å². The van der Waals surface area contributed by atoms with Gasteiger partial charge in [-0.05, 0) is 18.4 Å². The first-order chi connectivity index (χ1) is 11.2. The lowest BCUT2D eigenvalue weighted by atomic mass is 10.1. The fourth-order valence-electron chi connectivity index (χ4n) is 3.06. The number of carbonyl (C=O) groups excluding carboxylic acids is 1. The van der Waals surface area contributed by atoms with E-state index in [0.717, 1.165) is 35.7 Å². The van der Waals surface area contributed by atoms with Gasteiger partial charge in [-0.3, -0.25) is 4.79 Å². The molecule has 2 aromatic heterocycles. The van der Waals surface area contributed by atoms with Crippen molar-refractivity contribution in [2.45, 2.75) is 13.0 Å². The first kappa shape index (κ1) is 14.2. The molecule has 3 heterocycles. The molecule has 3 aromatic rings. The maximum atomic E-state index is 12.4. The third kappa shape index (κ3) is 2.47. The van der Waals surface area contributed by atoms with E-state index >= 15 is 0 Å². The zero-order valence-corrected chi connectivity index (χ0v) is 13.7. The van der Waals surface area contributed by atoms with E-state index in [-0.39, 0.29) is 5.91 Å². The highest BCUT2D eigenvalue weighted by molar-refractivity contribution is 7.08. The van der Waals surface area contributed by atoms with E-state index < -0.39 is 0 Å². The fraction of sp³-hybridized carbons (Fsp3) is 0.222.